The number of halogens is 1. The molecule has 1 aromatic rings. The Morgan fingerprint density at radius 3 is 2.65 bits per heavy atom. The van der Waals surface area contributed by atoms with E-state index in [0.717, 1.165) is 15.1 Å². The Balaban J connectivity index is 1.78. The summed E-state index contributed by atoms with van der Waals surface area (Å²) in [4.78, 5) is 4.05. The molecule has 5 nitrogen and oxygen atoms in total. The topological polar surface area (TPSA) is 68.3 Å². The largest absolute Gasteiger partial charge is 0.381 e. The molecular formula is C9H11BrN2O3S2. The average Bonchev–Trinajstić information content (AvgIpc) is 2.69. The lowest BCUT2D eigenvalue weighted by molar-refractivity contribution is 0.159. The van der Waals surface area contributed by atoms with Crippen molar-refractivity contribution >= 4 is 37.3 Å². The van der Waals surface area contributed by atoms with Crippen molar-refractivity contribution in [2.75, 3.05) is 13.2 Å². The molecule has 0 radical (unpaired) electrons. The van der Waals surface area contributed by atoms with Gasteiger partial charge in [-0.3, -0.25) is 0 Å². The van der Waals surface area contributed by atoms with Crippen LogP contribution < -0.4 is 4.72 Å². The number of ether oxygens (including phenoxy) is 1. The lowest BCUT2D eigenvalue weighted by Gasteiger charge is -2.05. The highest BCUT2D eigenvalue weighted by Gasteiger charge is 2.55. The van der Waals surface area contributed by atoms with Crippen molar-refractivity contribution in [2.45, 2.75) is 17.3 Å². The van der Waals surface area contributed by atoms with E-state index in [0.29, 0.717) is 30.7 Å². The molecule has 2 aliphatic rings. The second kappa shape index (κ2) is 3.99. The zero-order valence-corrected chi connectivity index (χ0v) is 12.2. The maximum Gasteiger partial charge on any atom is 0.268 e. The van der Waals surface area contributed by atoms with Crippen LogP contribution in [0, 0.1) is 18.8 Å². The van der Waals surface area contributed by atoms with Gasteiger partial charge in [-0.1, -0.05) is 11.3 Å². The van der Waals surface area contributed by atoms with Gasteiger partial charge in [0.15, 0.2) is 0 Å². The predicted octanol–water partition coefficient (Wildman–Crippen LogP) is 1.14. The molecule has 17 heavy (non-hydrogen) atoms. The molecule has 1 N–H and O–H groups in total. The number of aryl methyl sites for hydroxylation is 1. The van der Waals surface area contributed by atoms with Crippen molar-refractivity contribution in [2.24, 2.45) is 11.8 Å². The highest BCUT2D eigenvalue weighted by molar-refractivity contribution is 9.11. The fourth-order valence-corrected chi connectivity index (χ4v) is 5.41. The molecule has 8 heteroatoms. The van der Waals surface area contributed by atoms with Crippen molar-refractivity contribution in [3.8, 4) is 0 Å². The number of sulfonamides is 1. The van der Waals surface area contributed by atoms with Crippen molar-refractivity contribution < 1.29 is 13.2 Å². The van der Waals surface area contributed by atoms with Crippen LogP contribution in [0.5, 0.6) is 0 Å². The first-order valence-corrected chi connectivity index (χ1v) is 8.31. The third-order valence-electron chi connectivity index (χ3n) is 3.19. The summed E-state index contributed by atoms with van der Waals surface area (Å²) in [6.07, 6.45) is 0. The van der Waals surface area contributed by atoms with E-state index < -0.39 is 10.0 Å². The predicted molar refractivity (Wildman–Crippen MR) is 66.5 cm³/mol. The van der Waals surface area contributed by atoms with Gasteiger partial charge in [0.2, 0.25) is 4.34 Å². The lowest BCUT2D eigenvalue weighted by Crippen LogP contribution is -2.30. The van der Waals surface area contributed by atoms with Gasteiger partial charge in [-0.05, 0) is 22.9 Å². The van der Waals surface area contributed by atoms with Gasteiger partial charge in [0.1, 0.15) is 0 Å². The third kappa shape index (κ3) is 2.06. The Morgan fingerprint density at radius 2 is 2.12 bits per heavy atom. The molecule has 1 unspecified atom stereocenters. The van der Waals surface area contributed by atoms with E-state index in [-0.39, 0.29) is 10.4 Å². The average molecular weight is 339 g/mol. The molecule has 1 aliphatic heterocycles. The van der Waals surface area contributed by atoms with Gasteiger partial charge < -0.3 is 4.74 Å². The molecule has 1 saturated carbocycles. The van der Waals surface area contributed by atoms with E-state index >= 15 is 0 Å². The second-order valence-corrected chi connectivity index (χ2v) is 8.56. The molecule has 0 aromatic carbocycles. The van der Waals surface area contributed by atoms with Crippen molar-refractivity contribution in [3.05, 3.63) is 9.48 Å². The zero-order valence-electron chi connectivity index (χ0n) is 9.01. The summed E-state index contributed by atoms with van der Waals surface area (Å²) in [5, 5.41) is 0. The van der Waals surface area contributed by atoms with Crippen LogP contribution in [0.3, 0.4) is 0 Å². The number of hydrogen-bond donors (Lipinski definition) is 1. The fraction of sp³-hybridized carbons (Fsp3) is 0.667. The van der Waals surface area contributed by atoms with E-state index in [2.05, 4.69) is 25.6 Å². The van der Waals surface area contributed by atoms with Crippen molar-refractivity contribution in [1.29, 1.82) is 0 Å². The van der Waals surface area contributed by atoms with Gasteiger partial charge in [-0.15, -0.1) is 0 Å². The van der Waals surface area contributed by atoms with Gasteiger partial charge in [-0.2, -0.15) is 0 Å². The van der Waals surface area contributed by atoms with Gasteiger partial charge in [0, 0.05) is 17.9 Å². The monoisotopic (exact) mass is 338 g/mol. The summed E-state index contributed by atoms with van der Waals surface area (Å²) in [6.45, 7) is 3.11. The standard InChI is InChI=1S/C9H11BrN2O3S2/c1-4-8(10)16-9(11-4)17(13,14)12-7-5-2-15-3-6(5)7/h5-7,12H,2-3H2,1H3/t5-,6+,7?. The van der Waals surface area contributed by atoms with Crippen LogP contribution in [-0.4, -0.2) is 32.7 Å². The van der Waals surface area contributed by atoms with E-state index in [1.807, 2.05) is 0 Å². The molecule has 94 valence electrons. The quantitative estimate of drug-likeness (QED) is 0.897. The molecule has 1 aliphatic carbocycles. The number of hydrogen-bond acceptors (Lipinski definition) is 5. The van der Waals surface area contributed by atoms with E-state index in [1.165, 1.54) is 0 Å². The highest BCUT2D eigenvalue weighted by Crippen LogP contribution is 2.45. The van der Waals surface area contributed by atoms with Gasteiger partial charge in [0.25, 0.3) is 10.0 Å². The number of nitrogens with one attached hydrogen (secondary N) is 1. The smallest absolute Gasteiger partial charge is 0.268 e. The molecule has 3 atom stereocenters. The third-order valence-corrected chi connectivity index (χ3v) is 7.04. The summed E-state index contributed by atoms with van der Waals surface area (Å²) < 4.78 is 32.9. The Hall–Kier alpha value is -0.0200. The number of nitrogens with zero attached hydrogens (tertiary/aromatic N) is 1. The molecular weight excluding hydrogens is 328 g/mol. The molecule has 3 rings (SSSR count). The molecule has 2 fully saturated rings. The maximum atomic E-state index is 12.1. The normalized spacial score (nSPS) is 31.5. The number of rotatable bonds is 3. The van der Waals surface area contributed by atoms with Crippen LogP contribution >= 0.6 is 27.3 Å². The van der Waals surface area contributed by atoms with Crippen molar-refractivity contribution in [3.63, 3.8) is 0 Å². The van der Waals surface area contributed by atoms with E-state index in [4.69, 9.17) is 4.74 Å². The van der Waals surface area contributed by atoms with E-state index in [1.54, 1.807) is 6.92 Å². The second-order valence-electron chi connectivity index (χ2n) is 4.35. The number of thiazole rings is 1. The lowest BCUT2D eigenvalue weighted by atomic mass is 10.4. The number of fused-ring (bicyclic) bond motifs is 1. The van der Waals surface area contributed by atoms with Crippen LogP contribution in [0.1, 0.15) is 5.69 Å². The Kier molecular flexibility index (Phi) is 2.82. The zero-order chi connectivity index (χ0) is 12.2. The van der Waals surface area contributed by atoms with Crippen LogP contribution in [-0.2, 0) is 14.8 Å². The minimum Gasteiger partial charge on any atom is -0.381 e. The summed E-state index contributed by atoms with van der Waals surface area (Å²) in [5.74, 6) is 0.712. The first kappa shape index (κ1) is 12.0. The Labute approximate surface area is 112 Å². The SMILES string of the molecule is Cc1nc(S(=O)(=O)NC2[C@H]3COC[C@@H]23)sc1Br. The Morgan fingerprint density at radius 1 is 1.47 bits per heavy atom. The summed E-state index contributed by atoms with van der Waals surface area (Å²) in [5.41, 5.74) is 0.703. The van der Waals surface area contributed by atoms with Gasteiger partial charge in [-0.25, -0.2) is 18.1 Å². The van der Waals surface area contributed by atoms with Gasteiger partial charge >= 0.3 is 0 Å². The van der Waals surface area contributed by atoms with Crippen LogP contribution in [0.4, 0.5) is 0 Å². The first-order valence-electron chi connectivity index (χ1n) is 5.22. The molecule has 1 saturated heterocycles. The molecule has 1 aromatic heterocycles. The summed E-state index contributed by atoms with van der Waals surface area (Å²) in [6, 6.07) is 0.0386. The molecule has 2 heterocycles. The number of aromatic nitrogens is 1. The molecule has 0 amide bonds. The fourth-order valence-electron chi connectivity index (χ4n) is 2.11. The first-order chi connectivity index (χ1) is 7.99. The van der Waals surface area contributed by atoms with Crippen molar-refractivity contribution in [1.82, 2.24) is 9.71 Å². The highest BCUT2D eigenvalue weighted by atomic mass is 79.9. The van der Waals surface area contributed by atoms with Crippen LogP contribution in [0.15, 0.2) is 8.13 Å². The van der Waals surface area contributed by atoms with Gasteiger partial charge in [0.05, 0.1) is 22.7 Å². The molecule has 0 bridgehead atoms. The van der Waals surface area contributed by atoms with E-state index in [9.17, 15) is 8.42 Å². The minimum atomic E-state index is -3.47. The Bertz CT molecular complexity index is 527. The molecule has 0 spiro atoms. The maximum absolute atomic E-state index is 12.1. The van der Waals surface area contributed by atoms with Crippen LogP contribution in [0.25, 0.3) is 0 Å². The van der Waals surface area contributed by atoms with Crippen LogP contribution in [0.2, 0.25) is 0 Å². The summed E-state index contributed by atoms with van der Waals surface area (Å²) in [7, 11) is -3.47. The summed E-state index contributed by atoms with van der Waals surface area (Å²) >= 11 is 4.43. The minimum absolute atomic E-state index is 0.0386.